The Bertz CT molecular complexity index is 1160. The monoisotopic (exact) mass is 405 g/mol. The van der Waals surface area contributed by atoms with Crippen LogP contribution in [0.1, 0.15) is 34.5 Å². The van der Waals surface area contributed by atoms with Crippen molar-refractivity contribution in [2.45, 2.75) is 25.7 Å². The lowest BCUT2D eigenvalue weighted by Gasteiger charge is -2.19. The van der Waals surface area contributed by atoms with Gasteiger partial charge >= 0.3 is 5.97 Å². The number of non-ortho nitro benzene ring substituents is 1. The summed E-state index contributed by atoms with van der Waals surface area (Å²) in [7, 11) is 0. The highest BCUT2D eigenvalue weighted by molar-refractivity contribution is 6.06. The fourth-order valence-corrected chi connectivity index (χ4v) is 3.70. The third-order valence-corrected chi connectivity index (χ3v) is 5.05. The molecule has 1 aliphatic carbocycles. The van der Waals surface area contributed by atoms with Gasteiger partial charge in [-0.1, -0.05) is 24.3 Å². The van der Waals surface area contributed by atoms with E-state index in [2.05, 4.69) is 5.32 Å². The van der Waals surface area contributed by atoms with E-state index in [1.54, 1.807) is 0 Å². The summed E-state index contributed by atoms with van der Waals surface area (Å²) >= 11 is 0. The van der Waals surface area contributed by atoms with Crippen LogP contribution in [0, 0.1) is 10.1 Å². The van der Waals surface area contributed by atoms with Crippen LogP contribution >= 0.6 is 0 Å². The molecule has 1 amide bonds. The maximum absolute atomic E-state index is 12.9. The number of carbonyl (C=O) groups excluding carboxylic acids is 2. The van der Waals surface area contributed by atoms with Gasteiger partial charge in [-0.25, -0.2) is 4.79 Å². The quantitative estimate of drug-likeness (QED) is 0.392. The van der Waals surface area contributed by atoms with Crippen LogP contribution in [0.3, 0.4) is 0 Å². The standard InChI is InChI=1S/C22H19N3O5/c26-20(23-14-6-5-7-15(12-14)25(28)29)13-30-22(27)21-16-8-1-3-10-18(16)24-19-11-4-2-9-17(19)21/h1,3,5-8,10,12H,2,4,9,11,13H2,(H,23,26). The predicted molar refractivity (Wildman–Crippen MR) is 110 cm³/mol. The molecule has 0 aliphatic heterocycles. The van der Waals surface area contributed by atoms with Crippen molar-refractivity contribution in [2.24, 2.45) is 0 Å². The zero-order valence-corrected chi connectivity index (χ0v) is 16.1. The fraction of sp³-hybridized carbons (Fsp3) is 0.227. The number of nitro groups is 1. The van der Waals surface area contributed by atoms with Gasteiger partial charge in [0.15, 0.2) is 6.61 Å². The van der Waals surface area contributed by atoms with Crippen molar-refractivity contribution in [3.05, 3.63) is 75.5 Å². The Kier molecular flexibility index (Phi) is 5.38. The van der Waals surface area contributed by atoms with Crippen LogP contribution in [0.5, 0.6) is 0 Å². The number of carbonyl (C=O) groups is 2. The number of para-hydroxylation sites is 1. The van der Waals surface area contributed by atoms with E-state index in [4.69, 9.17) is 9.72 Å². The number of aromatic nitrogens is 1. The number of nitro benzene ring substituents is 1. The van der Waals surface area contributed by atoms with E-state index in [-0.39, 0.29) is 11.4 Å². The minimum atomic E-state index is -0.573. The van der Waals surface area contributed by atoms with Crippen LogP contribution in [0.15, 0.2) is 48.5 Å². The first kappa shape index (κ1) is 19.5. The number of nitrogens with one attached hydrogen (secondary N) is 1. The third-order valence-electron chi connectivity index (χ3n) is 5.05. The van der Waals surface area contributed by atoms with Gasteiger partial charge in [0.05, 0.1) is 16.0 Å². The molecule has 0 saturated carbocycles. The first-order chi connectivity index (χ1) is 14.5. The number of amides is 1. The smallest absolute Gasteiger partial charge is 0.339 e. The van der Waals surface area contributed by atoms with Crippen molar-refractivity contribution in [1.29, 1.82) is 0 Å². The molecule has 0 saturated heterocycles. The van der Waals surface area contributed by atoms with Gasteiger partial charge in [0.2, 0.25) is 0 Å². The van der Waals surface area contributed by atoms with Gasteiger partial charge in [0.25, 0.3) is 11.6 Å². The number of rotatable bonds is 5. The Morgan fingerprint density at radius 3 is 2.73 bits per heavy atom. The van der Waals surface area contributed by atoms with E-state index >= 15 is 0 Å². The summed E-state index contributed by atoms with van der Waals surface area (Å²) in [4.78, 5) is 40.1. The van der Waals surface area contributed by atoms with Crippen LogP contribution < -0.4 is 5.32 Å². The van der Waals surface area contributed by atoms with E-state index in [1.165, 1.54) is 24.3 Å². The maximum atomic E-state index is 12.9. The molecular weight excluding hydrogens is 386 g/mol. The number of ether oxygens (including phenoxy) is 1. The molecule has 0 spiro atoms. The van der Waals surface area contributed by atoms with Crippen LogP contribution in [0.25, 0.3) is 10.9 Å². The molecule has 1 N–H and O–H groups in total. The average Bonchev–Trinajstić information content (AvgIpc) is 2.76. The SMILES string of the molecule is O=C(COC(=O)c1c2c(nc3ccccc13)CCCC2)Nc1cccc([N+](=O)[O-])c1. The number of pyridine rings is 1. The van der Waals surface area contributed by atoms with E-state index < -0.39 is 23.4 Å². The highest BCUT2D eigenvalue weighted by Crippen LogP contribution is 2.29. The van der Waals surface area contributed by atoms with E-state index in [9.17, 15) is 19.7 Å². The number of aryl methyl sites for hydroxylation is 1. The molecule has 4 rings (SSSR count). The predicted octanol–water partition coefficient (Wildman–Crippen LogP) is 3.82. The molecule has 1 heterocycles. The molecule has 8 heteroatoms. The van der Waals surface area contributed by atoms with Crippen molar-refractivity contribution in [2.75, 3.05) is 11.9 Å². The second kappa shape index (κ2) is 8.28. The molecule has 30 heavy (non-hydrogen) atoms. The number of hydrogen-bond acceptors (Lipinski definition) is 6. The number of anilines is 1. The van der Waals surface area contributed by atoms with Crippen LogP contribution in [-0.2, 0) is 22.4 Å². The molecule has 2 aromatic carbocycles. The molecule has 0 bridgehead atoms. The maximum Gasteiger partial charge on any atom is 0.339 e. The summed E-state index contributed by atoms with van der Waals surface area (Å²) in [5, 5.41) is 14.1. The summed E-state index contributed by atoms with van der Waals surface area (Å²) < 4.78 is 5.30. The van der Waals surface area contributed by atoms with Crippen molar-refractivity contribution >= 4 is 34.2 Å². The number of hydrogen-bond donors (Lipinski definition) is 1. The minimum absolute atomic E-state index is 0.139. The highest BCUT2D eigenvalue weighted by Gasteiger charge is 2.24. The van der Waals surface area contributed by atoms with Gasteiger partial charge < -0.3 is 10.1 Å². The molecule has 0 atom stereocenters. The average molecular weight is 405 g/mol. The van der Waals surface area contributed by atoms with Crippen molar-refractivity contribution in [3.8, 4) is 0 Å². The molecule has 0 unspecified atom stereocenters. The van der Waals surface area contributed by atoms with Gasteiger partial charge in [-0.15, -0.1) is 0 Å². The Balaban J connectivity index is 1.52. The van der Waals surface area contributed by atoms with E-state index in [0.29, 0.717) is 10.9 Å². The van der Waals surface area contributed by atoms with Crippen LogP contribution in [0.4, 0.5) is 11.4 Å². The molecular formula is C22H19N3O5. The Labute approximate surface area is 172 Å². The first-order valence-corrected chi connectivity index (χ1v) is 9.65. The Morgan fingerprint density at radius 1 is 1.10 bits per heavy atom. The zero-order chi connectivity index (χ0) is 21.1. The van der Waals surface area contributed by atoms with Gasteiger partial charge in [-0.3, -0.25) is 19.9 Å². The highest BCUT2D eigenvalue weighted by atomic mass is 16.6. The lowest BCUT2D eigenvalue weighted by molar-refractivity contribution is -0.384. The fourth-order valence-electron chi connectivity index (χ4n) is 3.70. The van der Waals surface area contributed by atoms with Crippen LogP contribution in [0.2, 0.25) is 0 Å². The summed E-state index contributed by atoms with van der Waals surface area (Å²) in [6, 6.07) is 13.0. The van der Waals surface area contributed by atoms with Crippen molar-refractivity contribution in [3.63, 3.8) is 0 Å². The number of benzene rings is 2. The Hall–Kier alpha value is -3.81. The van der Waals surface area contributed by atoms with E-state index in [1.807, 2.05) is 24.3 Å². The lowest BCUT2D eigenvalue weighted by Crippen LogP contribution is -2.22. The number of nitrogens with zero attached hydrogens (tertiary/aromatic N) is 2. The van der Waals surface area contributed by atoms with Gasteiger partial charge in [0.1, 0.15) is 0 Å². The zero-order valence-electron chi connectivity index (χ0n) is 16.1. The summed E-state index contributed by atoms with van der Waals surface area (Å²) in [6.45, 7) is -0.493. The van der Waals surface area contributed by atoms with Gasteiger partial charge in [0, 0.05) is 28.9 Å². The van der Waals surface area contributed by atoms with Crippen molar-refractivity contribution < 1.29 is 19.2 Å². The lowest BCUT2D eigenvalue weighted by atomic mass is 9.90. The summed E-state index contributed by atoms with van der Waals surface area (Å²) in [6.07, 6.45) is 3.56. The van der Waals surface area contributed by atoms with Crippen molar-refractivity contribution in [1.82, 2.24) is 4.98 Å². The summed E-state index contributed by atoms with van der Waals surface area (Å²) in [5.41, 5.74) is 3.12. The second-order valence-electron chi connectivity index (χ2n) is 7.07. The molecule has 8 nitrogen and oxygen atoms in total. The molecule has 1 aromatic heterocycles. The summed E-state index contributed by atoms with van der Waals surface area (Å²) in [5.74, 6) is -1.14. The topological polar surface area (TPSA) is 111 Å². The third kappa shape index (κ3) is 3.98. The molecule has 3 aromatic rings. The normalized spacial score (nSPS) is 12.8. The molecule has 1 aliphatic rings. The molecule has 0 radical (unpaired) electrons. The van der Waals surface area contributed by atoms with E-state index in [0.717, 1.165) is 42.5 Å². The Morgan fingerprint density at radius 2 is 1.90 bits per heavy atom. The molecule has 152 valence electrons. The second-order valence-corrected chi connectivity index (χ2v) is 7.07. The van der Waals surface area contributed by atoms with Gasteiger partial charge in [-0.2, -0.15) is 0 Å². The van der Waals surface area contributed by atoms with Gasteiger partial charge in [-0.05, 0) is 43.4 Å². The first-order valence-electron chi connectivity index (χ1n) is 9.65. The molecule has 0 fully saturated rings. The number of esters is 1. The largest absolute Gasteiger partial charge is 0.452 e. The van der Waals surface area contributed by atoms with Crippen LogP contribution in [-0.4, -0.2) is 28.4 Å². The minimum Gasteiger partial charge on any atom is -0.452 e. The number of fused-ring (bicyclic) bond motifs is 2.